The quantitative estimate of drug-likeness (QED) is 0.910. The normalized spacial score (nSPS) is 20.1. The van der Waals surface area contributed by atoms with Crippen LogP contribution in [-0.4, -0.2) is 38.9 Å². The minimum absolute atomic E-state index is 0. The second kappa shape index (κ2) is 6.26. The summed E-state index contributed by atoms with van der Waals surface area (Å²) in [5, 5.41) is 3.13. The van der Waals surface area contributed by atoms with Gasteiger partial charge >= 0.3 is 0 Å². The van der Waals surface area contributed by atoms with Crippen molar-refractivity contribution in [3.63, 3.8) is 0 Å². The average Bonchev–Trinajstić information content (AvgIpc) is 2.86. The summed E-state index contributed by atoms with van der Waals surface area (Å²) in [5.74, 6) is 0. The largest absolute Gasteiger partial charge is 0.315 e. The zero-order valence-corrected chi connectivity index (χ0v) is 13.5. The van der Waals surface area contributed by atoms with E-state index < -0.39 is 10.0 Å². The summed E-state index contributed by atoms with van der Waals surface area (Å²) in [6.45, 7) is 1.51. The number of nitrogens with one attached hydrogen (secondary N) is 1. The molecule has 1 atom stereocenters. The van der Waals surface area contributed by atoms with Crippen LogP contribution in [0.1, 0.15) is 6.42 Å². The van der Waals surface area contributed by atoms with Gasteiger partial charge in [-0.3, -0.25) is 0 Å². The van der Waals surface area contributed by atoms with E-state index in [1.54, 1.807) is 7.05 Å². The van der Waals surface area contributed by atoms with Crippen LogP contribution in [0.4, 0.5) is 0 Å². The van der Waals surface area contributed by atoms with Crippen molar-refractivity contribution in [2.45, 2.75) is 17.4 Å². The van der Waals surface area contributed by atoms with E-state index in [2.05, 4.69) is 5.32 Å². The van der Waals surface area contributed by atoms with Crippen LogP contribution in [-0.2, 0) is 10.0 Å². The molecule has 0 saturated carbocycles. The van der Waals surface area contributed by atoms with Crippen molar-refractivity contribution in [1.82, 2.24) is 9.62 Å². The molecular formula is C9H13Cl3N2O2S2. The molecule has 0 amide bonds. The third-order valence-electron chi connectivity index (χ3n) is 2.83. The van der Waals surface area contributed by atoms with Crippen LogP contribution in [0, 0.1) is 0 Å². The Balaban J connectivity index is 0.00000162. The number of thiophene rings is 1. The van der Waals surface area contributed by atoms with Gasteiger partial charge in [0.2, 0.25) is 10.0 Å². The minimum atomic E-state index is -3.54. The third kappa shape index (κ3) is 3.12. The van der Waals surface area contributed by atoms with E-state index in [0.717, 1.165) is 24.3 Å². The Morgan fingerprint density at radius 2 is 2.17 bits per heavy atom. The molecule has 1 fully saturated rings. The first-order valence-corrected chi connectivity index (χ1v) is 8.08. The number of sulfonamides is 1. The molecule has 4 nitrogen and oxygen atoms in total. The standard InChI is InChI=1S/C9H12Cl2N2O2S2.ClH/c1-13(6-2-3-12-5-6)17(14,15)7-4-8(10)16-9(7)11;/h4,6,12H,2-3,5H2,1H3;1H. The fraction of sp³-hybridized carbons (Fsp3) is 0.556. The van der Waals surface area contributed by atoms with Gasteiger partial charge in [0.15, 0.2) is 0 Å². The van der Waals surface area contributed by atoms with Crippen LogP contribution in [0.5, 0.6) is 0 Å². The first-order valence-electron chi connectivity index (χ1n) is 5.06. The van der Waals surface area contributed by atoms with Gasteiger partial charge in [-0.2, -0.15) is 4.31 Å². The van der Waals surface area contributed by atoms with Crippen molar-refractivity contribution in [2.75, 3.05) is 20.1 Å². The van der Waals surface area contributed by atoms with Crippen LogP contribution >= 0.6 is 46.9 Å². The molecule has 1 unspecified atom stereocenters. The van der Waals surface area contributed by atoms with Crippen LogP contribution in [0.3, 0.4) is 0 Å². The summed E-state index contributed by atoms with van der Waals surface area (Å²) in [7, 11) is -1.97. The average molecular weight is 352 g/mol. The minimum Gasteiger partial charge on any atom is -0.315 e. The molecule has 2 rings (SSSR count). The molecule has 0 spiro atoms. The Morgan fingerprint density at radius 3 is 2.61 bits per heavy atom. The zero-order chi connectivity index (χ0) is 12.6. The lowest BCUT2D eigenvalue weighted by molar-refractivity contribution is 0.388. The summed E-state index contributed by atoms with van der Waals surface area (Å²) < 4.78 is 26.6. The lowest BCUT2D eigenvalue weighted by Crippen LogP contribution is -2.38. The highest BCUT2D eigenvalue weighted by molar-refractivity contribution is 7.89. The van der Waals surface area contributed by atoms with Gasteiger partial charge in [-0.05, 0) is 19.0 Å². The van der Waals surface area contributed by atoms with E-state index in [0.29, 0.717) is 10.9 Å². The van der Waals surface area contributed by atoms with Gasteiger partial charge in [0.25, 0.3) is 0 Å². The van der Waals surface area contributed by atoms with Gasteiger partial charge < -0.3 is 5.32 Å². The predicted molar refractivity (Wildman–Crippen MR) is 77.8 cm³/mol. The van der Waals surface area contributed by atoms with E-state index in [9.17, 15) is 8.42 Å². The Kier molecular flexibility index (Phi) is 5.74. The van der Waals surface area contributed by atoms with Crippen LogP contribution in [0.2, 0.25) is 8.67 Å². The lowest BCUT2D eigenvalue weighted by Gasteiger charge is -2.22. The SMILES string of the molecule is CN(C1CCNC1)S(=O)(=O)c1cc(Cl)sc1Cl.Cl. The van der Waals surface area contributed by atoms with Crippen molar-refractivity contribution in [1.29, 1.82) is 0 Å². The Hall–Kier alpha value is 0.440. The van der Waals surface area contributed by atoms with Crippen LogP contribution in [0.25, 0.3) is 0 Å². The maximum Gasteiger partial charge on any atom is 0.245 e. The maximum atomic E-state index is 12.3. The highest BCUT2D eigenvalue weighted by Gasteiger charge is 2.32. The molecule has 1 N–H and O–H groups in total. The molecule has 0 aromatic carbocycles. The van der Waals surface area contributed by atoms with Crippen molar-refractivity contribution in [2.24, 2.45) is 0 Å². The molecular weight excluding hydrogens is 339 g/mol. The van der Waals surface area contributed by atoms with E-state index in [1.165, 1.54) is 10.4 Å². The van der Waals surface area contributed by atoms with Gasteiger partial charge in [0.1, 0.15) is 9.23 Å². The van der Waals surface area contributed by atoms with Crippen molar-refractivity contribution in [3.05, 3.63) is 14.7 Å². The summed E-state index contributed by atoms with van der Waals surface area (Å²) in [6, 6.07) is 1.39. The molecule has 1 aromatic rings. The van der Waals surface area contributed by atoms with E-state index >= 15 is 0 Å². The molecule has 1 saturated heterocycles. The first kappa shape index (κ1) is 16.5. The molecule has 18 heavy (non-hydrogen) atoms. The smallest absolute Gasteiger partial charge is 0.245 e. The van der Waals surface area contributed by atoms with Crippen LogP contribution < -0.4 is 5.32 Å². The summed E-state index contributed by atoms with van der Waals surface area (Å²) in [4.78, 5) is 0.101. The molecule has 0 radical (unpaired) electrons. The van der Waals surface area contributed by atoms with Crippen molar-refractivity contribution >= 4 is 57.0 Å². The Bertz CT molecular complexity index is 512. The topological polar surface area (TPSA) is 49.4 Å². The molecule has 1 aromatic heterocycles. The number of rotatable bonds is 3. The lowest BCUT2D eigenvalue weighted by atomic mass is 10.3. The fourth-order valence-electron chi connectivity index (χ4n) is 1.80. The number of hydrogen-bond acceptors (Lipinski definition) is 4. The van der Waals surface area contributed by atoms with E-state index in [-0.39, 0.29) is 27.7 Å². The summed E-state index contributed by atoms with van der Waals surface area (Å²) >= 11 is 12.7. The van der Waals surface area contributed by atoms with Gasteiger partial charge in [-0.25, -0.2) is 8.42 Å². The molecule has 1 aliphatic heterocycles. The second-order valence-corrected chi connectivity index (χ2v) is 8.11. The Morgan fingerprint density at radius 1 is 1.50 bits per heavy atom. The molecule has 9 heteroatoms. The number of hydrogen-bond donors (Lipinski definition) is 1. The number of nitrogens with zero attached hydrogens (tertiary/aromatic N) is 1. The van der Waals surface area contributed by atoms with E-state index in [1.807, 2.05) is 0 Å². The maximum absolute atomic E-state index is 12.3. The fourth-order valence-corrected chi connectivity index (χ4v) is 5.30. The number of likely N-dealkylation sites (N-methyl/N-ethyl adjacent to an activating group) is 1. The van der Waals surface area contributed by atoms with Gasteiger partial charge in [-0.15, -0.1) is 23.7 Å². The van der Waals surface area contributed by atoms with Gasteiger partial charge in [0.05, 0.1) is 4.34 Å². The molecule has 104 valence electrons. The van der Waals surface area contributed by atoms with Gasteiger partial charge in [0, 0.05) is 19.6 Å². The molecule has 1 aliphatic rings. The monoisotopic (exact) mass is 350 g/mol. The molecule has 0 bridgehead atoms. The predicted octanol–water partition coefficient (Wildman–Crippen LogP) is 2.46. The second-order valence-electron chi connectivity index (χ2n) is 3.86. The van der Waals surface area contributed by atoms with Crippen molar-refractivity contribution in [3.8, 4) is 0 Å². The molecule has 2 heterocycles. The summed E-state index contributed by atoms with van der Waals surface area (Å²) in [5.41, 5.74) is 0. The Labute approximate surface area is 127 Å². The highest BCUT2D eigenvalue weighted by atomic mass is 35.5. The highest BCUT2D eigenvalue weighted by Crippen LogP contribution is 2.36. The zero-order valence-electron chi connectivity index (χ0n) is 9.52. The summed E-state index contributed by atoms with van der Waals surface area (Å²) in [6.07, 6.45) is 0.811. The third-order valence-corrected chi connectivity index (χ3v) is 6.49. The van der Waals surface area contributed by atoms with Crippen molar-refractivity contribution < 1.29 is 8.42 Å². The van der Waals surface area contributed by atoms with E-state index in [4.69, 9.17) is 23.2 Å². The van der Waals surface area contributed by atoms with Crippen LogP contribution in [0.15, 0.2) is 11.0 Å². The first-order chi connectivity index (χ1) is 7.93. The molecule has 0 aliphatic carbocycles. The van der Waals surface area contributed by atoms with Gasteiger partial charge in [-0.1, -0.05) is 23.2 Å². The number of halogens is 3.